The summed E-state index contributed by atoms with van der Waals surface area (Å²) in [6.07, 6.45) is -1.01. The number of esters is 1. The third-order valence-corrected chi connectivity index (χ3v) is 2.47. The van der Waals surface area contributed by atoms with Crippen molar-refractivity contribution in [2.75, 3.05) is 6.61 Å². The smallest absolute Gasteiger partial charge is 0.351 e. The molecule has 1 N–H and O–H groups in total. The van der Waals surface area contributed by atoms with Gasteiger partial charge < -0.3 is 10.1 Å². The number of nitrogens with one attached hydrogen (secondary N) is 1. The maximum absolute atomic E-state index is 11.9. The van der Waals surface area contributed by atoms with Crippen LogP contribution >= 0.6 is 0 Å². The van der Waals surface area contributed by atoms with E-state index in [9.17, 15) is 9.59 Å². The first-order valence-electron chi connectivity index (χ1n) is 5.87. The SMILES string of the molecule is CCOC(=O)[C@@H](NC(C)=O)n1nnc2ccccc21. The van der Waals surface area contributed by atoms with Crippen molar-refractivity contribution < 1.29 is 14.3 Å². The van der Waals surface area contributed by atoms with E-state index in [1.54, 1.807) is 25.1 Å². The summed E-state index contributed by atoms with van der Waals surface area (Å²) in [5.41, 5.74) is 1.29. The number of rotatable bonds is 4. The number of hydrogen-bond acceptors (Lipinski definition) is 5. The number of amides is 1. The van der Waals surface area contributed by atoms with Crippen LogP contribution in [-0.2, 0) is 14.3 Å². The molecule has 1 aromatic heterocycles. The monoisotopic (exact) mass is 262 g/mol. The van der Waals surface area contributed by atoms with Gasteiger partial charge in [-0.05, 0) is 19.1 Å². The largest absolute Gasteiger partial charge is 0.463 e. The second-order valence-corrected chi connectivity index (χ2v) is 3.88. The fourth-order valence-corrected chi connectivity index (χ4v) is 1.71. The average Bonchev–Trinajstić information content (AvgIpc) is 2.79. The Morgan fingerprint density at radius 1 is 1.42 bits per heavy atom. The maximum atomic E-state index is 11.9. The van der Waals surface area contributed by atoms with E-state index in [0.29, 0.717) is 11.0 Å². The Labute approximate surface area is 109 Å². The number of nitrogens with zero attached hydrogens (tertiary/aromatic N) is 3. The molecule has 0 spiro atoms. The molecule has 0 unspecified atom stereocenters. The third kappa shape index (κ3) is 2.70. The van der Waals surface area contributed by atoms with Crippen LogP contribution in [0.1, 0.15) is 20.0 Å². The fourth-order valence-electron chi connectivity index (χ4n) is 1.71. The Morgan fingerprint density at radius 2 is 2.16 bits per heavy atom. The van der Waals surface area contributed by atoms with Crippen molar-refractivity contribution >= 4 is 22.9 Å². The molecule has 0 radical (unpaired) electrons. The van der Waals surface area contributed by atoms with Crippen LogP contribution in [0.15, 0.2) is 24.3 Å². The van der Waals surface area contributed by atoms with E-state index in [4.69, 9.17) is 4.74 Å². The quantitative estimate of drug-likeness (QED) is 0.817. The minimum absolute atomic E-state index is 0.224. The lowest BCUT2D eigenvalue weighted by Gasteiger charge is -2.16. The highest BCUT2D eigenvalue weighted by molar-refractivity contribution is 5.84. The van der Waals surface area contributed by atoms with Crippen molar-refractivity contribution in [3.63, 3.8) is 0 Å². The molecule has 7 nitrogen and oxygen atoms in total. The van der Waals surface area contributed by atoms with Gasteiger partial charge in [-0.3, -0.25) is 4.79 Å². The van der Waals surface area contributed by atoms with Crippen LogP contribution in [0.5, 0.6) is 0 Å². The molecule has 1 aromatic carbocycles. The van der Waals surface area contributed by atoms with Gasteiger partial charge in [0.25, 0.3) is 0 Å². The summed E-state index contributed by atoms with van der Waals surface area (Å²) < 4.78 is 6.28. The second kappa shape index (κ2) is 5.47. The molecule has 0 saturated heterocycles. The highest BCUT2D eigenvalue weighted by atomic mass is 16.5. The number of hydrogen-bond donors (Lipinski definition) is 1. The van der Waals surface area contributed by atoms with E-state index >= 15 is 0 Å². The molecule has 0 aliphatic heterocycles. The highest BCUT2D eigenvalue weighted by Crippen LogP contribution is 2.15. The number of benzene rings is 1. The van der Waals surface area contributed by atoms with E-state index in [1.807, 2.05) is 6.07 Å². The molecule has 2 aromatic rings. The van der Waals surface area contributed by atoms with Gasteiger partial charge in [-0.2, -0.15) is 0 Å². The summed E-state index contributed by atoms with van der Waals surface area (Å²) in [5, 5.41) is 10.4. The minimum atomic E-state index is -1.01. The predicted octanol–water partition coefficient (Wildman–Crippen LogP) is 0.629. The predicted molar refractivity (Wildman–Crippen MR) is 67.0 cm³/mol. The van der Waals surface area contributed by atoms with Crippen LogP contribution in [0.2, 0.25) is 0 Å². The number of aromatic nitrogens is 3. The van der Waals surface area contributed by atoms with Gasteiger partial charge in [0.05, 0.1) is 12.1 Å². The van der Waals surface area contributed by atoms with Gasteiger partial charge >= 0.3 is 5.97 Å². The van der Waals surface area contributed by atoms with Gasteiger partial charge in [-0.15, -0.1) is 5.10 Å². The van der Waals surface area contributed by atoms with Crippen LogP contribution in [0, 0.1) is 0 Å². The molecule has 0 aliphatic rings. The van der Waals surface area contributed by atoms with Crippen LogP contribution < -0.4 is 5.32 Å². The third-order valence-electron chi connectivity index (χ3n) is 2.47. The topological polar surface area (TPSA) is 86.1 Å². The van der Waals surface area contributed by atoms with Crippen molar-refractivity contribution in [1.82, 2.24) is 20.3 Å². The van der Waals surface area contributed by atoms with E-state index in [2.05, 4.69) is 15.6 Å². The summed E-state index contributed by atoms with van der Waals surface area (Å²) in [5.74, 6) is -0.925. The lowest BCUT2D eigenvalue weighted by Crippen LogP contribution is -2.38. The van der Waals surface area contributed by atoms with Crippen LogP contribution in [0.3, 0.4) is 0 Å². The van der Waals surface area contributed by atoms with Gasteiger partial charge in [-0.1, -0.05) is 17.3 Å². The van der Waals surface area contributed by atoms with Crippen molar-refractivity contribution in [2.24, 2.45) is 0 Å². The zero-order valence-corrected chi connectivity index (χ0v) is 10.7. The van der Waals surface area contributed by atoms with E-state index in [1.165, 1.54) is 11.6 Å². The van der Waals surface area contributed by atoms with Crippen LogP contribution in [0.25, 0.3) is 11.0 Å². The Bertz CT molecular complexity index is 608. The molecule has 2 rings (SSSR count). The molecule has 1 atom stereocenters. The van der Waals surface area contributed by atoms with Crippen molar-refractivity contribution in [2.45, 2.75) is 20.0 Å². The van der Waals surface area contributed by atoms with Gasteiger partial charge in [0.2, 0.25) is 12.1 Å². The zero-order chi connectivity index (χ0) is 13.8. The van der Waals surface area contributed by atoms with Gasteiger partial charge in [-0.25, -0.2) is 9.48 Å². The molecule has 0 aliphatic carbocycles. The minimum Gasteiger partial charge on any atom is -0.463 e. The molecule has 0 fully saturated rings. The Hall–Kier alpha value is -2.44. The zero-order valence-electron chi connectivity index (χ0n) is 10.7. The Morgan fingerprint density at radius 3 is 2.84 bits per heavy atom. The van der Waals surface area contributed by atoms with Gasteiger partial charge in [0, 0.05) is 6.92 Å². The molecule has 19 heavy (non-hydrogen) atoms. The first-order chi connectivity index (χ1) is 9.13. The van der Waals surface area contributed by atoms with Crippen molar-refractivity contribution in [1.29, 1.82) is 0 Å². The first-order valence-corrected chi connectivity index (χ1v) is 5.87. The Balaban J connectivity index is 2.42. The number of carbonyl (C=O) groups excluding carboxylic acids is 2. The normalized spacial score (nSPS) is 12.1. The molecule has 1 heterocycles. The number of carbonyl (C=O) groups is 2. The van der Waals surface area contributed by atoms with E-state index < -0.39 is 12.1 Å². The maximum Gasteiger partial charge on any atom is 0.351 e. The van der Waals surface area contributed by atoms with Gasteiger partial charge in [0.15, 0.2) is 0 Å². The molecular weight excluding hydrogens is 248 g/mol. The summed E-state index contributed by atoms with van der Waals surface area (Å²) in [6, 6.07) is 7.16. The summed E-state index contributed by atoms with van der Waals surface area (Å²) in [6.45, 7) is 3.25. The molecule has 100 valence electrons. The second-order valence-electron chi connectivity index (χ2n) is 3.88. The number of ether oxygens (including phenoxy) is 1. The van der Waals surface area contributed by atoms with Crippen LogP contribution in [-0.4, -0.2) is 33.5 Å². The van der Waals surface area contributed by atoms with Gasteiger partial charge in [0.1, 0.15) is 5.52 Å². The van der Waals surface area contributed by atoms with Crippen molar-refractivity contribution in [3.05, 3.63) is 24.3 Å². The number of fused-ring (bicyclic) bond motifs is 1. The molecule has 7 heteroatoms. The van der Waals surface area contributed by atoms with Crippen molar-refractivity contribution in [3.8, 4) is 0 Å². The Kier molecular flexibility index (Phi) is 3.74. The van der Waals surface area contributed by atoms with E-state index in [-0.39, 0.29) is 12.5 Å². The molecule has 1 amide bonds. The fraction of sp³-hybridized carbons (Fsp3) is 0.333. The summed E-state index contributed by atoms with van der Waals surface area (Å²) >= 11 is 0. The standard InChI is InChI=1S/C12H14N4O3/c1-3-19-12(18)11(13-8(2)17)16-10-7-5-4-6-9(10)14-15-16/h4-7,11H,3H2,1-2H3,(H,13,17)/t11-/m0/s1. The molecule has 0 saturated carbocycles. The van der Waals surface area contributed by atoms with Crippen LogP contribution in [0.4, 0.5) is 0 Å². The lowest BCUT2D eigenvalue weighted by molar-refractivity contribution is -0.150. The molecule has 0 bridgehead atoms. The lowest BCUT2D eigenvalue weighted by atomic mass is 10.3. The summed E-state index contributed by atoms with van der Waals surface area (Å²) in [4.78, 5) is 23.1. The number of para-hydroxylation sites is 1. The molecular formula is C12H14N4O3. The van der Waals surface area contributed by atoms with E-state index in [0.717, 1.165) is 0 Å². The first kappa shape index (κ1) is 13.0. The average molecular weight is 262 g/mol. The highest BCUT2D eigenvalue weighted by Gasteiger charge is 2.25. The summed E-state index contributed by atoms with van der Waals surface area (Å²) in [7, 11) is 0.